The van der Waals surface area contributed by atoms with Crippen molar-refractivity contribution in [2.75, 3.05) is 11.4 Å². The molecule has 78 valence electrons. The Labute approximate surface area is 93.0 Å². The molecule has 0 radical (unpaired) electrons. The number of nitrogens with zero attached hydrogens (tertiary/aromatic N) is 1. The predicted molar refractivity (Wildman–Crippen MR) is 59.1 cm³/mol. The number of carbonyl (C=O) groups excluding carboxylic acids is 1. The van der Waals surface area contributed by atoms with Crippen molar-refractivity contribution in [1.82, 2.24) is 5.32 Å². The molecule has 2 atom stereocenters. The first kappa shape index (κ1) is 9.19. The Morgan fingerprint density at radius 2 is 2.00 bits per heavy atom. The predicted octanol–water partition coefficient (Wildman–Crippen LogP) is 1.42. The fourth-order valence-corrected chi connectivity index (χ4v) is 2.32. The van der Waals surface area contributed by atoms with Crippen LogP contribution in [-0.4, -0.2) is 24.5 Å². The summed E-state index contributed by atoms with van der Waals surface area (Å²) in [6, 6.07) is 7.94. The van der Waals surface area contributed by atoms with Gasteiger partial charge in [-0.25, -0.2) is 0 Å². The summed E-state index contributed by atoms with van der Waals surface area (Å²) in [6.07, 6.45) is 0.989. The number of carbonyl (C=O) groups is 1. The zero-order chi connectivity index (χ0) is 10.4. The molecule has 3 aliphatic rings. The van der Waals surface area contributed by atoms with Gasteiger partial charge in [0.15, 0.2) is 0 Å². The second kappa shape index (κ2) is 3.22. The van der Waals surface area contributed by atoms with E-state index in [1.165, 1.54) is 0 Å². The molecule has 3 fully saturated rings. The lowest BCUT2D eigenvalue weighted by atomic mass is 9.90. The van der Waals surface area contributed by atoms with Crippen LogP contribution in [0.25, 0.3) is 0 Å². The number of anilines is 1. The molecule has 1 aromatic carbocycles. The van der Waals surface area contributed by atoms with E-state index in [1.54, 1.807) is 0 Å². The summed E-state index contributed by atoms with van der Waals surface area (Å²) >= 11 is 5.81. The summed E-state index contributed by atoms with van der Waals surface area (Å²) in [4.78, 5) is 13.7. The molecule has 1 N–H and O–H groups in total. The van der Waals surface area contributed by atoms with Crippen LogP contribution < -0.4 is 10.2 Å². The largest absolute Gasteiger partial charge is 0.310 e. The van der Waals surface area contributed by atoms with Crippen molar-refractivity contribution < 1.29 is 4.79 Å². The highest BCUT2D eigenvalue weighted by Crippen LogP contribution is 2.27. The Kier molecular flexibility index (Phi) is 1.97. The topological polar surface area (TPSA) is 32.3 Å². The number of rotatable bonds is 1. The van der Waals surface area contributed by atoms with Gasteiger partial charge in [-0.2, -0.15) is 0 Å². The molecular weight excluding hydrogens is 212 g/mol. The second-order valence-corrected chi connectivity index (χ2v) is 4.51. The van der Waals surface area contributed by atoms with Crippen molar-refractivity contribution >= 4 is 23.2 Å². The van der Waals surface area contributed by atoms with Gasteiger partial charge in [-0.3, -0.25) is 4.79 Å². The van der Waals surface area contributed by atoms with Crippen molar-refractivity contribution in [2.45, 2.75) is 18.5 Å². The zero-order valence-electron chi connectivity index (χ0n) is 8.11. The van der Waals surface area contributed by atoms with Gasteiger partial charge in [0, 0.05) is 23.3 Å². The van der Waals surface area contributed by atoms with Crippen LogP contribution in [0.15, 0.2) is 24.3 Å². The smallest absolute Gasteiger partial charge is 0.244 e. The van der Waals surface area contributed by atoms with Gasteiger partial charge in [0.05, 0.1) is 6.04 Å². The summed E-state index contributed by atoms with van der Waals surface area (Å²) < 4.78 is 0. The third kappa shape index (κ3) is 1.43. The maximum absolute atomic E-state index is 11.9. The number of piperazine rings is 1. The van der Waals surface area contributed by atoms with Crippen LogP contribution in [0.2, 0.25) is 5.02 Å². The first-order valence-corrected chi connectivity index (χ1v) is 5.45. The van der Waals surface area contributed by atoms with E-state index in [0.29, 0.717) is 11.1 Å². The highest BCUT2D eigenvalue weighted by Gasteiger charge is 2.43. The number of halogens is 1. The molecule has 0 aliphatic carbocycles. The molecule has 3 nitrogen and oxygen atoms in total. The molecular formula is C11H11ClN2O. The average Bonchev–Trinajstić information content (AvgIpc) is 2.18. The van der Waals surface area contributed by atoms with E-state index >= 15 is 0 Å². The van der Waals surface area contributed by atoms with Crippen LogP contribution in [0.5, 0.6) is 0 Å². The van der Waals surface area contributed by atoms with Crippen molar-refractivity contribution in [3.05, 3.63) is 29.3 Å². The van der Waals surface area contributed by atoms with E-state index in [1.807, 2.05) is 29.2 Å². The summed E-state index contributed by atoms with van der Waals surface area (Å²) in [7, 11) is 0. The van der Waals surface area contributed by atoms with E-state index in [4.69, 9.17) is 11.6 Å². The molecule has 0 aromatic heterocycles. The molecule has 15 heavy (non-hydrogen) atoms. The first-order valence-electron chi connectivity index (χ1n) is 5.07. The Morgan fingerprint density at radius 1 is 1.33 bits per heavy atom. The van der Waals surface area contributed by atoms with Crippen LogP contribution >= 0.6 is 11.6 Å². The van der Waals surface area contributed by atoms with E-state index in [9.17, 15) is 4.79 Å². The maximum Gasteiger partial charge on any atom is 0.244 e. The lowest BCUT2D eigenvalue weighted by Crippen LogP contribution is -2.70. The number of fused-ring (bicyclic) bond motifs is 2. The standard InChI is InChI=1S/C11H11ClN2O/c12-7-1-3-9(4-2-7)14-6-8-5-10(13-8)11(14)15/h1-4,8,10,13H,5-6H2. The summed E-state index contributed by atoms with van der Waals surface area (Å²) in [5, 5.41) is 3.92. The number of hydrogen-bond acceptors (Lipinski definition) is 2. The number of piperidine rings is 1. The molecule has 3 heterocycles. The summed E-state index contributed by atoms with van der Waals surface area (Å²) in [5.41, 5.74) is 0.945. The molecule has 0 saturated carbocycles. The molecule has 4 rings (SSSR count). The molecule has 1 aromatic rings. The van der Waals surface area contributed by atoms with E-state index < -0.39 is 0 Å². The van der Waals surface area contributed by atoms with Crippen molar-refractivity contribution in [3.8, 4) is 0 Å². The quantitative estimate of drug-likeness (QED) is 0.780. The highest BCUT2D eigenvalue weighted by molar-refractivity contribution is 6.30. The average molecular weight is 223 g/mol. The van der Waals surface area contributed by atoms with Gasteiger partial charge in [-0.05, 0) is 30.7 Å². The first-order chi connectivity index (χ1) is 7.24. The van der Waals surface area contributed by atoms with Crippen LogP contribution in [0.4, 0.5) is 5.69 Å². The minimum Gasteiger partial charge on any atom is -0.310 e. The van der Waals surface area contributed by atoms with Gasteiger partial charge < -0.3 is 10.2 Å². The number of hydrogen-bond donors (Lipinski definition) is 1. The van der Waals surface area contributed by atoms with E-state index in [2.05, 4.69) is 5.32 Å². The molecule has 3 saturated heterocycles. The van der Waals surface area contributed by atoms with E-state index in [-0.39, 0.29) is 11.9 Å². The lowest BCUT2D eigenvalue weighted by Gasteiger charge is -2.47. The van der Waals surface area contributed by atoms with Crippen molar-refractivity contribution in [1.29, 1.82) is 0 Å². The fourth-order valence-electron chi connectivity index (χ4n) is 2.20. The normalized spacial score (nSPS) is 28.9. The third-order valence-electron chi connectivity index (χ3n) is 3.06. The zero-order valence-corrected chi connectivity index (χ0v) is 8.87. The number of benzene rings is 1. The fraction of sp³-hybridized carbons (Fsp3) is 0.364. The Morgan fingerprint density at radius 3 is 2.60 bits per heavy atom. The van der Waals surface area contributed by atoms with Gasteiger partial charge in [0.25, 0.3) is 0 Å². The van der Waals surface area contributed by atoms with Gasteiger partial charge in [-0.15, -0.1) is 0 Å². The highest BCUT2D eigenvalue weighted by atomic mass is 35.5. The molecule has 1 amide bonds. The van der Waals surface area contributed by atoms with Crippen LogP contribution in [-0.2, 0) is 4.79 Å². The SMILES string of the molecule is O=C1C2CC(CN1c1ccc(Cl)cc1)N2. The van der Waals surface area contributed by atoms with Crippen molar-refractivity contribution in [2.24, 2.45) is 0 Å². The van der Waals surface area contributed by atoms with Gasteiger partial charge >= 0.3 is 0 Å². The Balaban J connectivity index is 1.88. The molecule has 3 aliphatic heterocycles. The van der Waals surface area contributed by atoms with Crippen molar-refractivity contribution in [3.63, 3.8) is 0 Å². The Bertz CT molecular complexity index is 398. The van der Waals surface area contributed by atoms with Gasteiger partial charge in [0.1, 0.15) is 0 Å². The summed E-state index contributed by atoms with van der Waals surface area (Å²) in [6.45, 7) is 0.775. The molecule has 2 bridgehead atoms. The van der Waals surface area contributed by atoms with E-state index in [0.717, 1.165) is 18.7 Å². The monoisotopic (exact) mass is 222 g/mol. The second-order valence-electron chi connectivity index (χ2n) is 4.08. The van der Waals surface area contributed by atoms with Crippen LogP contribution in [0, 0.1) is 0 Å². The van der Waals surface area contributed by atoms with Crippen LogP contribution in [0.1, 0.15) is 6.42 Å². The van der Waals surface area contributed by atoms with Gasteiger partial charge in [0.2, 0.25) is 5.91 Å². The molecule has 4 heteroatoms. The van der Waals surface area contributed by atoms with Crippen LogP contribution in [0.3, 0.4) is 0 Å². The molecule has 0 spiro atoms. The minimum atomic E-state index is 0.0411. The number of amides is 1. The third-order valence-corrected chi connectivity index (χ3v) is 3.31. The molecule has 2 unspecified atom stereocenters. The Hall–Kier alpha value is -1.06. The lowest BCUT2D eigenvalue weighted by molar-refractivity contribution is -0.125. The summed E-state index contributed by atoms with van der Waals surface area (Å²) in [5.74, 6) is 0.180. The minimum absolute atomic E-state index is 0.0411. The number of nitrogens with one attached hydrogen (secondary N) is 1. The van der Waals surface area contributed by atoms with Gasteiger partial charge in [-0.1, -0.05) is 11.6 Å². The maximum atomic E-state index is 11.9.